The van der Waals surface area contributed by atoms with Crippen molar-refractivity contribution in [3.8, 4) is 11.1 Å². The monoisotopic (exact) mass is 663 g/mol. The molecule has 0 spiro atoms. The average molecular weight is 664 g/mol. The van der Waals surface area contributed by atoms with Crippen molar-refractivity contribution < 1.29 is 24.2 Å². The van der Waals surface area contributed by atoms with E-state index in [1.54, 1.807) is 0 Å². The molecule has 8 nitrogen and oxygen atoms in total. The molecule has 0 radical (unpaired) electrons. The van der Waals surface area contributed by atoms with E-state index in [0.717, 1.165) is 38.9 Å². The maximum absolute atomic E-state index is 14.0. The zero-order valence-electron chi connectivity index (χ0n) is 27.4. The number of aliphatic hydroxyl groups excluding tert-OH is 1. The molecular formula is C39H41N3O5S. The van der Waals surface area contributed by atoms with Gasteiger partial charge in [-0.05, 0) is 66.1 Å². The Morgan fingerprint density at radius 1 is 0.896 bits per heavy atom. The number of nitrogens with one attached hydrogen (secondary N) is 2. The molecule has 1 heterocycles. The summed E-state index contributed by atoms with van der Waals surface area (Å²) in [4.78, 5) is 42.4. The topological polar surface area (TPSA) is 108 Å². The second-order valence-electron chi connectivity index (χ2n) is 12.9. The van der Waals surface area contributed by atoms with Gasteiger partial charge in [-0.25, -0.2) is 4.79 Å². The van der Waals surface area contributed by atoms with Crippen molar-refractivity contribution in [1.29, 1.82) is 0 Å². The highest BCUT2D eigenvalue weighted by Crippen LogP contribution is 2.44. The fraction of sp³-hybridized carbons (Fsp3) is 0.308. The minimum absolute atomic E-state index is 0.0993. The summed E-state index contributed by atoms with van der Waals surface area (Å²) in [5.41, 5.74) is 7.29. The van der Waals surface area contributed by atoms with Crippen molar-refractivity contribution in [3.63, 3.8) is 0 Å². The Morgan fingerprint density at radius 2 is 1.50 bits per heavy atom. The number of ether oxygens (including phenoxy) is 1. The van der Waals surface area contributed by atoms with E-state index in [-0.39, 0.29) is 30.7 Å². The van der Waals surface area contributed by atoms with Crippen LogP contribution in [0.4, 0.5) is 4.79 Å². The molecular weight excluding hydrogens is 623 g/mol. The zero-order chi connectivity index (χ0) is 33.8. The molecule has 4 aromatic carbocycles. The maximum Gasteiger partial charge on any atom is 0.407 e. The first kappa shape index (κ1) is 33.3. The molecule has 48 heavy (non-hydrogen) atoms. The lowest BCUT2D eigenvalue weighted by Crippen LogP contribution is -2.58. The van der Waals surface area contributed by atoms with Crippen molar-refractivity contribution in [2.45, 2.75) is 62.6 Å². The number of nitrogens with zero attached hydrogens (tertiary/aromatic N) is 1. The van der Waals surface area contributed by atoms with Gasteiger partial charge in [-0.1, -0.05) is 103 Å². The Hall–Kier alpha value is -4.60. The van der Waals surface area contributed by atoms with Crippen LogP contribution in [0.5, 0.6) is 0 Å². The van der Waals surface area contributed by atoms with E-state index in [2.05, 4.69) is 22.8 Å². The fourth-order valence-electron chi connectivity index (χ4n) is 6.74. The largest absolute Gasteiger partial charge is 0.449 e. The standard InChI is InChI=1S/C39H41N3O5S/c1-25-13-7-8-16-27(25)22-40-36(44)35-39(2,3)48-24-42(35)37(45)34(43)33(21-26-14-5-4-6-15-26)41-38(46)47-23-32-30-19-11-9-17-28(30)29-18-10-12-20-31(29)32/h4-20,32-35,43H,21-24H2,1-3H3,(H,40,44)(H,41,46)/t33-,34-,35+/m0/s1. The molecule has 1 aliphatic carbocycles. The van der Waals surface area contributed by atoms with Crippen molar-refractivity contribution in [2.24, 2.45) is 0 Å². The molecule has 9 heteroatoms. The van der Waals surface area contributed by atoms with Crippen LogP contribution in [0.3, 0.4) is 0 Å². The summed E-state index contributed by atoms with van der Waals surface area (Å²) in [6, 6.07) is 31.5. The number of amides is 3. The van der Waals surface area contributed by atoms with Crippen LogP contribution in [0.1, 0.15) is 47.6 Å². The van der Waals surface area contributed by atoms with E-state index in [4.69, 9.17) is 4.74 Å². The highest BCUT2D eigenvalue weighted by Gasteiger charge is 2.49. The van der Waals surface area contributed by atoms with Gasteiger partial charge in [-0.2, -0.15) is 0 Å². The first-order valence-electron chi connectivity index (χ1n) is 16.2. The second kappa shape index (κ2) is 14.3. The normalized spacial score (nSPS) is 17.6. The molecule has 0 aromatic heterocycles. The highest BCUT2D eigenvalue weighted by molar-refractivity contribution is 8.00. The average Bonchev–Trinajstić information content (AvgIpc) is 3.59. The van der Waals surface area contributed by atoms with Gasteiger partial charge in [0.1, 0.15) is 12.6 Å². The Morgan fingerprint density at radius 3 is 2.17 bits per heavy atom. The molecule has 2 aliphatic rings. The van der Waals surface area contributed by atoms with E-state index < -0.39 is 34.9 Å². The second-order valence-corrected chi connectivity index (χ2v) is 14.5. The number of rotatable bonds is 10. The molecule has 1 aliphatic heterocycles. The van der Waals surface area contributed by atoms with Crippen LogP contribution >= 0.6 is 11.8 Å². The highest BCUT2D eigenvalue weighted by atomic mass is 32.2. The summed E-state index contributed by atoms with van der Waals surface area (Å²) >= 11 is 1.48. The predicted octanol–water partition coefficient (Wildman–Crippen LogP) is 5.80. The Labute approximate surface area is 285 Å². The first-order chi connectivity index (χ1) is 23.1. The van der Waals surface area contributed by atoms with Crippen molar-refractivity contribution >= 4 is 29.7 Å². The molecule has 248 valence electrons. The number of carbonyl (C=O) groups is 3. The third kappa shape index (κ3) is 6.98. The zero-order valence-corrected chi connectivity index (χ0v) is 28.2. The van der Waals surface area contributed by atoms with Crippen molar-refractivity contribution in [2.75, 3.05) is 12.5 Å². The van der Waals surface area contributed by atoms with Crippen LogP contribution < -0.4 is 10.6 Å². The van der Waals surface area contributed by atoms with Gasteiger partial charge in [-0.3, -0.25) is 9.59 Å². The van der Waals surface area contributed by atoms with Gasteiger partial charge in [0.15, 0.2) is 6.10 Å². The minimum Gasteiger partial charge on any atom is -0.449 e. The Bertz CT molecular complexity index is 1750. The van der Waals surface area contributed by atoms with Gasteiger partial charge in [0, 0.05) is 17.2 Å². The summed E-state index contributed by atoms with van der Waals surface area (Å²) in [7, 11) is 0. The van der Waals surface area contributed by atoms with Crippen LogP contribution in [-0.2, 0) is 27.3 Å². The molecule has 3 atom stereocenters. The summed E-state index contributed by atoms with van der Waals surface area (Å²) in [6.07, 6.45) is -2.16. The minimum atomic E-state index is -1.62. The third-order valence-corrected chi connectivity index (χ3v) is 10.7. The summed E-state index contributed by atoms with van der Waals surface area (Å²) in [6.45, 7) is 6.26. The van der Waals surface area contributed by atoms with Gasteiger partial charge >= 0.3 is 6.09 Å². The number of hydrogen-bond donors (Lipinski definition) is 3. The van der Waals surface area contributed by atoms with Crippen LogP contribution in [0.2, 0.25) is 0 Å². The number of hydrogen-bond acceptors (Lipinski definition) is 6. The van der Waals surface area contributed by atoms with Gasteiger partial charge in [0.05, 0.1) is 11.9 Å². The van der Waals surface area contributed by atoms with E-state index in [1.807, 2.05) is 112 Å². The molecule has 1 fully saturated rings. The number of benzene rings is 4. The van der Waals surface area contributed by atoms with E-state index in [9.17, 15) is 19.5 Å². The number of fused-ring (bicyclic) bond motifs is 3. The summed E-state index contributed by atoms with van der Waals surface area (Å²) < 4.78 is 5.19. The Kier molecular flexibility index (Phi) is 9.89. The van der Waals surface area contributed by atoms with E-state index in [0.29, 0.717) is 6.54 Å². The van der Waals surface area contributed by atoms with E-state index >= 15 is 0 Å². The number of aryl methyl sites for hydroxylation is 1. The summed E-state index contributed by atoms with van der Waals surface area (Å²) in [5.74, 6) is -0.819. The number of aliphatic hydroxyl groups is 1. The van der Waals surface area contributed by atoms with Gasteiger partial charge in [0.2, 0.25) is 5.91 Å². The molecule has 0 bridgehead atoms. The lowest BCUT2D eigenvalue weighted by Gasteiger charge is -2.33. The molecule has 6 rings (SSSR count). The number of alkyl carbamates (subject to hydrolysis) is 1. The molecule has 0 unspecified atom stereocenters. The van der Waals surface area contributed by atoms with E-state index in [1.165, 1.54) is 16.7 Å². The van der Waals surface area contributed by atoms with Crippen molar-refractivity contribution in [3.05, 3.63) is 131 Å². The van der Waals surface area contributed by atoms with Gasteiger partial charge in [-0.15, -0.1) is 11.8 Å². The molecule has 1 saturated heterocycles. The lowest BCUT2D eigenvalue weighted by atomic mass is 9.97. The lowest BCUT2D eigenvalue weighted by molar-refractivity contribution is -0.147. The smallest absolute Gasteiger partial charge is 0.407 e. The third-order valence-electron chi connectivity index (χ3n) is 9.37. The van der Waals surface area contributed by atoms with Crippen molar-refractivity contribution in [1.82, 2.24) is 15.5 Å². The molecule has 0 saturated carbocycles. The Balaban J connectivity index is 1.17. The predicted molar refractivity (Wildman–Crippen MR) is 188 cm³/mol. The van der Waals surface area contributed by atoms with Gasteiger partial charge in [0.25, 0.3) is 5.91 Å². The number of thioether (sulfide) groups is 1. The van der Waals surface area contributed by atoms with Crippen LogP contribution in [-0.4, -0.2) is 63.3 Å². The van der Waals surface area contributed by atoms with Crippen LogP contribution in [0, 0.1) is 6.92 Å². The fourth-order valence-corrected chi connectivity index (χ4v) is 7.88. The SMILES string of the molecule is Cc1ccccc1CNC(=O)[C@H]1N(C(=O)[C@@H](O)[C@H](Cc2ccccc2)NC(=O)OCC2c3ccccc3-c3ccccc32)CSC1(C)C. The molecule has 3 N–H and O–H groups in total. The van der Waals surface area contributed by atoms with Crippen LogP contribution in [0.15, 0.2) is 103 Å². The molecule has 4 aromatic rings. The quantitative estimate of drug-likeness (QED) is 0.198. The first-order valence-corrected chi connectivity index (χ1v) is 17.2. The maximum atomic E-state index is 14.0. The summed E-state index contributed by atoms with van der Waals surface area (Å²) in [5, 5.41) is 17.4. The van der Waals surface area contributed by atoms with Gasteiger partial charge < -0.3 is 25.4 Å². The number of carbonyl (C=O) groups excluding carboxylic acids is 3. The van der Waals surface area contributed by atoms with Crippen LogP contribution in [0.25, 0.3) is 11.1 Å². The molecule has 3 amide bonds.